The van der Waals surface area contributed by atoms with Gasteiger partial charge in [0.1, 0.15) is 5.69 Å². The van der Waals surface area contributed by atoms with Crippen LogP contribution >= 0.6 is 22.9 Å². The third-order valence-electron chi connectivity index (χ3n) is 4.52. The van der Waals surface area contributed by atoms with Crippen molar-refractivity contribution in [3.8, 4) is 11.9 Å². The number of hydrogen-bond acceptors (Lipinski definition) is 8. The summed E-state index contributed by atoms with van der Waals surface area (Å²) in [5.41, 5.74) is 2.69. The van der Waals surface area contributed by atoms with Gasteiger partial charge in [0.25, 0.3) is 5.91 Å². The maximum atomic E-state index is 13.6. The van der Waals surface area contributed by atoms with Crippen LogP contribution in [0.2, 0.25) is 5.02 Å². The highest BCUT2D eigenvalue weighted by Crippen LogP contribution is 2.36. The average Bonchev–Trinajstić information content (AvgIpc) is 3.26. The number of nitrogens with zero attached hydrogens (tertiary/aromatic N) is 5. The fraction of sp³-hybridized carbons (Fsp3) is 0.190. The predicted octanol–water partition coefficient (Wildman–Crippen LogP) is 4.31. The van der Waals surface area contributed by atoms with E-state index in [4.69, 9.17) is 26.1 Å². The lowest BCUT2D eigenvalue weighted by molar-refractivity contribution is 0.0978. The first kappa shape index (κ1) is 21.0. The first-order chi connectivity index (χ1) is 15.0. The number of methoxy groups -OCH3 is 2. The van der Waals surface area contributed by atoms with Gasteiger partial charge >= 0.3 is 6.01 Å². The maximum Gasteiger partial charge on any atom is 0.320 e. The molecule has 1 aromatic carbocycles. The molecule has 8 nitrogen and oxygen atoms in total. The fourth-order valence-electron chi connectivity index (χ4n) is 2.95. The van der Waals surface area contributed by atoms with E-state index in [1.54, 1.807) is 17.3 Å². The lowest BCUT2D eigenvalue weighted by Gasteiger charge is -2.19. The Hall–Kier alpha value is -3.30. The minimum Gasteiger partial charge on any atom is -0.481 e. The van der Waals surface area contributed by atoms with Gasteiger partial charge in [0.05, 0.1) is 36.0 Å². The normalized spacial score (nSPS) is 10.8. The second-order valence-electron chi connectivity index (χ2n) is 6.57. The van der Waals surface area contributed by atoms with Crippen LogP contribution in [0.3, 0.4) is 0 Å². The van der Waals surface area contributed by atoms with Gasteiger partial charge in [-0.3, -0.25) is 14.7 Å². The van der Waals surface area contributed by atoms with E-state index in [1.165, 1.54) is 31.6 Å². The van der Waals surface area contributed by atoms with Crippen molar-refractivity contribution in [2.75, 3.05) is 19.1 Å². The van der Waals surface area contributed by atoms with E-state index >= 15 is 0 Å². The molecule has 158 valence electrons. The van der Waals surface area contributed by atoms with Crippen molar-refractivity contribution in [3.05, 3.63) is 64.6 Å². The quantitative estimate of drug-likeness (QED) is 0.428. The predicted molar refractivity (Wildman–Crippen MR) is 119 cm³/mol. The van der Waals surface area contributed by atoms with Crippen LogP contribution in [-0.4, -0.2) is 40.1 Å². The molecule has 0 saturated carbocycles. The minimum absolute atomic E-state index is 0.0345. The van der Waals surface area contributed by atoms with E-state index in [2.05, 4.69) is 15.0 Å². The zero-order chi connectivity index (χ0) is 22.0. The molecule has 1 amide bonds. The molecule has 0 aliphatic rings. The molecule has 31 heavy (non-hydrogen) atoms. The van der Waals surface area contributed by atoms with E-state index in [9.17, 15) is 4.79 Å². The number of thiazole rings is 1. The van der Waals surface area contributed by atoms with Crippen LogP contribution in [0.25, 0.3) is 10.2 Å². The van der Waals surface area contributed by atoms with Gasteiger partial charge in [-0.25, -0.2) is 4.98 Å². The van der Waals surface area contributed by atoms with E-state index < -0.39 is 0 Å². The number of rotatable bonds is 6. The number of aryl methyl sites for hydroxylation is 1. The van der Waals surface area contributed by atoms with Crippen molar-refractivity contribution in [2.24, 2.45) is 0 Å². The first-order valence-corrected chi connectivity index (χ1v) is 10.4. The molecule has 3 aromatic heterocycles. The van der Waals surface area contributed by atoms with Crippen LogP contribution in [0, 0.1) is 6.92 Å². The number of pyridine rings is 1. The summed E-state index contributed by atoms with van der Waals surface area (Å²) >= 11 is 7.73. The van der Waals surface area contributed by atoms with Crippen LogP contribution in [0.4, 0.5) is 5.13 Å². The molecule has 0 bridgehead atoms. The van der Waals surface area contributed by atoms with Crippen molar-refractivity contribution in [3.63, 3.8) is 0 Å². The van der Waals surface area contributed by atoms with Crippen LogP contribution < -0.4 is 14.4 Å². The lowest BCUT2D eigenvalue weighted by Crippen LogP contribution is -2.31. The lowest BCUT2D eigenvalue weighted by atomic mass is 10.2. The molecule has 0 spiro atoms. The standard InChI is InChI=1S/C21H18ClN5O3S/c1-12-6-7-14(22)18-17(12)26-21(31-18)27(11-13-5-4-8-23-10-13)19(28)15-9-16(29-2)25-20(24-15)30-3/h4-10H,11H2,1-3H3. The summed E-state index contributed by atoms with van der Waals surface area (Å²) in [5, 5.41) is 1.08. The number of fused-ring (bicyclic) bond motifs is 1. The zero-order valence-electron chi connectivity index (χ0n) is 17.0. The Morgan fingerprint density at radius 3 is 2.68 bits per heavy atom. The van der Waals surface area contributed by atoms with Gasteiger partial charge in [0.15, 0.2) is 5.13 Å². The number of benzene rings is 1. The smallest absolute Gasteiger partial charge is 0.320 e. The molecule has 0 unspecified atom stereocenters. The van der Waals surface area contributed by atoms with Gasteiger partial charge in [-0.15, -0.1) is 0 Å². The summed E-state index contributed by atoms with van der Waals surface area (Å²) < 4.78 is 11.1. The molecular formula is C21H18ClN5O3S. The molecular weight excluding hydrogens is 438 g/mol. The molecule has 10 heteroatoms. The summed E-state index contributed by atoms with van der Waals surface area (Å²) in [5.74, 6) is -0.157. The minimum atomic E-state index is -0.379. The molecule has 0 saturated heterocycles. The topological polar surface area (TPSA) is 90.3 Å². The number of ether oxygens (including phenoxy) is 2. The Bertz CT molecular complexity index is 1190. The van der Waals surface area contributed by atoms with Crippen LogP contribution in [0.1, 0.15) is 21.6 Å². The summed E-state index contributed by atoms with van der Waals surface area (Å²) in [6.07, 6.45) is 3.38. The van der Waals surface area contributed by atoms with E-state index in [-0.39, 0.29) is 30.0 Å². The highest BCUT2D eigenvalue weighted by molar-refractivity contribution is 7.23. The molecule has 0 N–H and O–H groups in total. The van der Waals surface area contributed by atoms with Crippen molar-refractivity contribution in [2.45, 2.75) is 13.5 Å². The van der Waals surface area contributed by atoms with E-state index in [1.807, 2.05) is 31.2 Å². The maximum absolute atomic E-state index is 13.6. The Kier molecular flexibility index (Phi) is 5.97. The van der Waals surface area contributed by atoms with Gasteiger partial charge in [-0.05, 0) is 30.2 Å². The Balaban J connectivity index is 1.83. The summed E-state index contributed by atoms with van der Waals surface area (Å²) in [6, 6.07) is 8.93. The highest BCUT2D eigenvalue weighted by Gasteiger charge is 2.25. The summed E-state index contributed by atoms with van der Waals surface area (Å²) in [7, 11) is 2.89. The molecule has 0 atom stereocenters. The van der Waals surface area contributed by atoms with Crippen molar-refractivity contribution in [1.82, 2.24) is 19.9 Å². The van der Waals surface area contributed by atoms with Crippen molar-refractivity contribution >= 4 is 44.2 Å². The van der Waals surface area contributed by atoms with Crippen LogP contribution in [0.15, 0.2) is 42.7 Å². The number of carbonyl (C=O) groups is 1. The van der Waals surface area contributed by atoms with Gasteiger partial charge in [-0.1, -0.05) is 35.1 Å². The van der Waals surface area contributed by atoms with Gasteiger partial charge in [0, 0.05) is 18.5 Å². The Labute approximate surface area is 187 Å². The number of anilines is 1. The SMILES string of the molecule is COc1cc(C(=O)N(Cc2cccnc2)c2nc3c(C)ccc(Cl)c3s2)nc(OC)n1. The van der Waals surface area contributed by atoms with Crippen LogP contribution in [0.5, 0.6) is 11.9 Å². The Morgan fingerprint density at radius 1 is 1.16 bits per heavy atom. The number of hydrogen-bond donors (Lipinski definition) is 0. The fourth-order valence-corrected chi connectivity index (χ4v) is 4.27. The van der Waals surface area contributed by atoms with Gasteiger partial charge in [0.2, 0.25) is 5.88 Å². The van der Waals surface area contributed by atoms with E-state index in [0.717, 1.165) is 21.3 Å². The zero-order valence-corrected chi connectivity index (χ0v) is 18.6. The summed E-state index contributed by atoms with van der Waals surface area (Å²) in [6.45, 7) is 2.20. The number of carbonyl (C=O) groups excluding carboxylic acids is 1. The first-order valence-electron chi connectivity index (χ1n) is 9.23. The molecule has 0 aliphatic carbocycles. The van der Waals surface area contributed by atoms with Crippen molar-refractivity contribution < 1.29 is 14.3 Å². The molecule has 3 heterocycles. The largest absolute Gasteiger partial charge is 0.481 e. The second kappa shape index (κ2) is 8.83. The molecule has 4 aromatic rings. The third-order valence-corrected chi connectivity index (χ3v) is 6.06. The van der Waals surface area contributed by atoms with Gasteiger partial charge < -0.3 is 9.47 Å². The number of amides is 1. The average molecular weight is 456 g/mol. The van der Waals surface area contributed by atoms with Crippen molar-refractivity contribution in [1.29, 1.82) is 0 Å². The monoisotopic (exact) mass is 455 g/mol. The van der Waals surface area contributed by atoms with Crippen LogP contribution in [-0.2, 0) is 6.54 Å². The molecule has 0 radical (unpaired) electrons. The molecule has 0 fully saturated rings. The molecule has 0 aliphatic heterocycles. The Morgan fingerprint density at radius 2 is 2.00 bits per heavy atom. The number of aromatic nitrogens is 4. The molecule has 4 rings (SSSR count). The highest BCUT2D eigenvalue weighted by atomic mass is 35.5. The van der Waals surface area contributed by atoms with E-state index in [0.29, 0.717) is 10.2 Å². The third kappa shape index (κ3) is 4.28. The second-order valence-corrected chi connectivity index (χ2v) is 7.96. The van der Waals surface area contributed by atoms with Gasteiger partial charge in [-0.2, -0.15) is 9.97 Å². The number of halogens is 1. The summed E-state index contributed by atoms with van der Waals surface area (Å²) in [4.78, 5) is 32.2.